The molecule has 0 aromatic heterocycles. The van der Waals surface area contributed by atoms with E-state index < -0.39 is 0 Å². The Labute approximate surface area is 105 Å². The van der Waals surface area contributed by atoms with E-state index in [0.717, 1.165) is 17.6 Å². The Balaban J connectivity index is 2.24. The molecule has 0 amide bonds. The van der Waals surface area contributed by atoms with Crippen molar-refractivity contribution < 1.29 is 0 Å². The summed E-state index contributed by atoms with van der Waals surface area (Å²) >= 11 is 3.43. The molecule has 0 atom stereocenters. The molecule has 1 heterocycles. The lowest BCUT2D eigenvalue weighted by Gasteiger charge is -2.21. The van der Waals surface area contributed by atoms with Crippen LogP contribution in [0.25, 0.3) is 0 Å². The fourth-order valence-corrected chi connectivity index (χ4v) is 2.58. The van der Waals surface area contributed by atoms with E-state index in [1.165, 1.54) is 12.1 Å². The number of nitriles is 1. The second-order valence-electron chi connectivity index (χ2n) is 5.11. The van der Waals surface area contributed by atoms with Crippen LogP contribution >= 0.6 is 15.9 Å². The zero-order chi connectivity index (χ0) is 11.8. The van der Waals surface area contributed by atoms with Gasteiger partial charge in [-0.2, -0.15) is 5.26 Å². The lowest BCUT2D eigenvalue weighted by atomic mass is 9.93. The standard InChI is InChI=1S/C13H15BrN2/c1-13(2)5-6-16(9-13)11-4-3-10(8-15)12(14)7-11/h3-4,7H,5-6,9H2,1-2H3. The summed E-state index contributed by atoms with van der Waals surface area (Å²) in [5, 5.41) is 8.86. The molecule has 0 saturated carbocycles. The monoisotopic (exact) mass is 278 g/mol. The number of halogens is 1. The van der Waals surface area contributed by atoms with Gasteiger partial charge in [0.15, 0.2) is 0 Å². The van der Waals surface area contributed by atoms with Gasteiger partial charge < -0.3 is 4.90 Å². The van der Waals surface area contributed by atoms with Crippen LogP contribution in [0.1, 0.15) is 25.8 Å². The van der Waals surface area contributed by atoms with Crippen molar-refractivity contribution in [3.8, 4) is 6.07 Å². The van der Waals surface area contributed by atoms with Crippen molar-refractivity contribution in [2.45, 2.75) is 20.3 Å². The summed E-state index contributed by atoms with van der Waals surface area (Å²) < 4.78 is 0.886. The van der Waals surface area contributed by atoms with Crippen molar-refractivity contribution in [2.24, 2.45) is 5.41 Å². The van der Waals surface area contributed by atoms with Gasteiger partial charge in [-0.3, -0.25) is 0 Å². The van der Waals surface area contributed by atoms with Crippen molar-refractivity contribution in [2.75, 3.05) is 18.0 Å². The SMILES string of the molecule is CC1(C)CCN(c2ccc(C#N)c(Br)c2)C1. The zero-order valence-electron chi connectivity index (χ0n) is 9.63. The van der Waals surface area contributed by atoms with E-state index in [2.05, 4.69) is 40.7 Å². The van der Waals surface area contributed by atoms with Gasteiger partial charge in [0.2, 0.25) is 0 Å². The molecule has 3 heteroatoms. The Hall–Kier alpha value is -1.01. The molecule has 2 rings (SSSR count). The molecular formula is C13H15BrN2. The Bertz CT molecular complexity index is 446. The average Bonchev–Trinajstić information content (AvgIpc) is 2.59. The molecule has 16 heavy (non-hydrogen) atoms. The van der Waals surface area contributed by atoms with E-state index in [0.29, 0.717) is 11.0 Å². The maximum atomic E-state index is 8.86. The maximum Gasteiger partial charge on any atom is 0.100 e. The van der Waals surface area contributed by atoms with Gasteiger partial charge in [0.1, 0.15) is 6.07 Å². The molecule has 1 aromatic rings. The van der Waals surface area contributed by atoms with Crippen LogP contribution in [-0.4, -0.2) is 13.1 Å². The van der Waals surface area contributed by atoms with Crippen LogP contribution < -0.4 is 4.90 Å². The van der Waals surface area contributed by atoms with Gasteiger partial charge in [-0.15, -0.1) is 0 Å². The zero-order valence-corrected chi connectivity index (χ0v) is 11.2. The fourth-order valence-electron chi connectivity index (χ4n) is 2.12. The van der Waals surface area contributed by atoms with Crippen molar-refractivity contribution in [3.05, 3.63) is 28.2 Å². The van der Waals surface area contributed by atoms with Gasteiger partial charge in [-0.05, 0) is 46.0 Å². The Kier molecular flexibility index (Phi) is 2.94. The van der Waals surface area contributed by atoms with Crippen LogP contribution in [0.4, 0.5) is 5.69 Å². The van der Waals surface area contributed by atoms with Gasteiger partial charge in [0.25, 0.3) is 0 Å². The molecule has 1 aliphatic heterocycles. The summed E-state index contributed by atoms with van der Waals surface area (Å²) in [7, 11) is 0. The molecular weight excluding hydrogens is 264 g/mol. The van der Waals surface area contributed by atoms with Crippen LogP contribution in [0, 0.1) is 16.7 Å². The van der Waals surface area contributed by atoms with Crippen molar-refractivity contribution >= 4 is 21.6 Å². The molecule has 84 valence electrons. The highest BCUT2D eigenvalue weighted by molar-refractivity contribution is 9.10. The highest BCUT2D eigenvalue weighted by Crippen LogP contribution is 2.33. The lowest BCUT2D eigenvalue weighted by Crippen LogP contribution is -2.22. The molecule has 0 bridgehead atoms. The number of hydrogen-bond acceptors (Lipinski definition) is 2. The first-order valence-corrected chi connectivity index (χ1v) is 6.26. The van der Waals surface area contributed by atoms with Gasteiger partial charge in [-0.1, -0.05) is 13.8 Å². The number of nitrogens with zero attached hydrogens (tertiary/aromatic N) is 2. The van der Waals surface area contributed by atoms with Gasteiger partial charge in [0.05, 0.1) is 5.56 Å². The molecule has 1 aromatic carbocycles. The van der Waals surface area contributed by atoms with Gasteiger partial charge in [-0.25, -0.2) is 0 Å². The highest BCUT2D eigenvalue weighted by Gasteiger charge is 2.29. The minimum Gasteiger partial charge on any atom is -0.371 e. The second kappa shape index (κ2) is 4.10. The third-order valence-corrected chi connectivity index (χ3v) is 3.77. The maximum absolute atomic E-state index is 8.86. The largest absolute Gasteiger partial charge is 0.371 e. The number of hydrogen-bond donors (Lipinski definition) is 0. The van der Waals surface area contributed by atoms with Crippen molar-refractivity contribution in [1.29, 1.82) is 5.26 Å². The van der Waals surface area contributed by atoms with Crippen LogP contribution in [0.15, 0.2) is 22.7 Å². The van der Waals surface area contributed by atoms with E-state index in [1.807, 2.05) is 18.2 Å². The molecule has 0 unspecified atom stereocenters. The van der Waals surface area contributed by atoms with Crippen LogP contribution in [0.2, 0.25) is 0 Å². The number of anilines is 1. The summed E-state index contributed by atoms with van der Waals surface area (Å²) in [4.78, 5) is 2.38. The summed E-state index contributed by atoms with van der Waals surface area (Å²) in [6.45, 7) is 6.79. The minimum atomic E-state index is 0.403. The third kappa shape index (κ3) is 2.22. The van der Waals surface area contributed by atoms with Crippen molar-refractivity contribution in [3.63, 3.8) is 0 Å². The van der Waals surface area contributed by atoms with E-state index in [1.54, 1.807) is 0 Å². The van der Waals surface area contributed by atoms with Crippen LogP contribution in [0.3, 0.4) is 0 Å². The highest BCUT2D eigenvalue weighted by atomic mass is 79.9. The van der Waals surface area contributed by atoms with E-state index in [-0.39, 0.29) is 0 Å². The van der Waals surface area contributed by atoms with Gasteiger partial charge >= 0.3 is 0 Å². The van der Waals surface area contributed by atoms with E-state index in [9.17, 15) is 0 Å². The Morgan fingerprint density at radius 1 is 1.44 bits per heavy atom. The Morgan fingerprint density at radius 3 is 2.69 bits per heavy atom. The summed E-state index contributed by atoms with van der Waals surface area (Å²) in [5.41, 5.74) is 2.30. The molecule has 1 fully saturated rings. The first kappa shape index (κ1) is 11.5. The number of benzene rings is 1. The smallest absolute Gasteiger partial charge is 0.100 e. The Morgan fingerprint density at radius 2 is 2.19 bits per heavy atom. The van der Waals surface area contributed by atoms with Gasteiger partial charge in [0, 0.05) is 23.2 Å². The molecule has 0 N–H and O–H groups in total. The second-order valence-corrected chi connectivity index (χ2v) is 5.97. The topological polar surface area (TPSA) is 27.0 Å². The predicted octanol–water partition coefficient (Wildman–Crippen LogP) is 3.56. The number of rotatable bonds is 1. The molecule has 0 radical (unpaired) electrons. The minimum absolute atomic E-state index is 0.403. The van der Waals surface area contributed by atoms with E-state index in [4.69, 9.17) is 5.26 Å². The average molecular weight is 279 g/mol. The van der Waals surface area contributed by atoms with Crippen LogP contribution in [-0.2, 0) is 0 Å². The lowest BCUT2D eigenvalue weighted by molar-refractivity contribution is 0.418. The first-order valence-electron chi connectivity index (χ1n) is 5.46. The molecule has 1 saturated heterocycles. The fraction of sp³-hybridized carbons (Fsp3) is 0.462. The molecule has 0 spiro atoms. The van der Waals surface area contributed by atoms with Crippen molar-refractivity contribution in [1.82, 2.24) is 0 Å². The van der Waals surface area contributed by atoms with E-state index >= 15 is 0 Å². The summed E-state index contributed by atoms with van der Waals surface area (Å²) in [6.07, 6.45) is 1.23. The van der Waals surface area contributed by atoms with Crippen LogP contribution in [0.5, 0.6) is 0 Å². The molecule has 1 aliphatic rings. The molecule has 0 aliphatic carbocycles. The normalized spacial score (nSPS) is 18.5. The quantitative estimate of drug-likeness (QED) is 0.786. The molecule has 2 nitrogen and oxygen atoms in total. The summed E-state index contributed by atoms with van der Waals surface area (Å²) in [6, 6.07) is 8.12. The summed E-state index contributed by atoms with van der Waals surface area (Å²) in [5.74, 6) is 0. The first-order chi connectivity index (χ1) is 7.52. The predicted molar refractivity (Wildman–Crippen MR) is 69.5 cm³/mol. The third-order valence-electron chi connectivity index (χ3n) is 3.12.